The largest absolute Gasteiger partial charge is 1.00 e. The van der Waals surface area contributed by atoms with E-state index in [4.69, 9.17) is 18.9 Å². The van der Waals surface area contributed by atoms with Crippen LogP contribution in [0.1, 0.15) is 198 Å². The Balaban J connectivity index is 0.00000968. The molecule has 0 saturated heterocycles. The van der Waals surface area contributed by atoms with Crippen molar-refractivity contribution in [1.82, 2.24) is 0 Å². The minimum atomic E-state index is -1.41. The number of amides is 2. The van der Waals surface area contributed by atoms with Gasteiger partial charge in [0.1, 0.15) is 33.8 Å². The quantitative estimate of drug-likeness (QED) is 0.0401. The van der Waals surface area contributed by atoms with E-state index in [1.54, 1.807) is 0 Å². The summed E-state index contributed by atoms with van der Waals surface area (Å²) < 4.78 is 21.6. The molecule has 9 atom stereocenters. The monoisotopic (exact) mass is 1140 g/mol. The fourth-order valence-electron chi connectivity index (χ4n) is 15.4. The Morgan fingerprint density at radius 2 is 1.07 bits per heavy atom. The summed E-state index contributed by atoms with van der Waals surface area (Å²) in [5.41, 5.74) is -0.0547. The van der Waals surface area contributed by atoms with Gasteiger partial charge in [0.15, 0.2) is 11.5 Å². The second-order valence-corrected chi connectivity index (χ2v) is 24.2. The van der Waals surface area contributed by atoms with Gasteiger partial charge in [0, 0.05) is 11.1 Å². The van der Waals surface area contributed by atoms with Crippen LogP contribution in [0.2, 0.25) is 0 Å². The summed E-state index contributed by atoms with van der Waals surface area (Å²) in [6, 6.07) is 13.4. The molecule has 1 unspecified atom stereocenters. The normalized spacial score (nSPS) is 23.8. The number of anilines is 2. The number of hydrogen-bond acceptors (Lipinski definition) is 10. The van der Waals surface area contributed by atoms with Crippen molar-refractivity contribution in [3.63, 3.8) is 0 Å². The number of benzene rings is 4. The number of nitrogens with one attached hydrogen (secondary N) is 2. The number of aromatic carboxylic acids is 4. The van der Waals surface area contributed by atoms with Crippen LogP contribution in [0.4, 0.5) is 11.4 Å². The number of fused-ring (bicyclic) bond motifs is 5. The number of carboxylic acids is 4. The SMILES string of the molecule is COc1ccc(C(=O)Nc2cc(C(=CCC[C@H]3CC[C@@]4(C)[C@@H](CC[C@@H]5[C@@H]4CC[C@]4(C)[C@@H](C(C)CCCC(C)C)CC[C@@H]54)C3)c3cc(NC(=O)c4ccc(OC)c(C(=O)O)c4)c(OC)c(C(=O)O)c3)cc(C(=O)O)c2OC)cc1C(=O)O.[Na+]. The van der Waals surface area contributed by atoms with E-state index in [2.05, 4.69) is 45.3 Å². The molecular weight excluding hydrogens is 1060 g/mol. The summed E-state index contributed by atoms with van der Waals surface area (Å²) in [5, 5.41) is 46.7. The zero-order valence-electron chi connectivity index (χ0n) is 49.2. The first-order chi connectivity index (χ1) is 38.6. The van der Waals surface area contributed by atoms with Gasteiger partial charge in [0.2, 0.25) is 0 Å². The maximum Gasteiger partial charge on any atom is 1.00 e. The molecule has 17 heteroatoms. The molecule has 4 aromatic rings. The Hall–Kier alpha value is -6.36. The molecule has 82 heavy (non-hydrogen) atoms. The van der Waals surface area contributed by atoms with Crippen LogP contribution in [-0.2, 0) is 0 Å². The zero-order chi connectivity index (χ0) is 58.7. The number of hydrogen-bond donors (Lipinski definition) is 6. The Morgan fingerprint density at radius 3 is 1.55 bits per heavy atom. The molecule has 4 aliphatic carbocycles. The van der Waals surface area contributed by atoms with Crippen LogP contribution in [0.5, 0.6) is 23.0 Å². The number of allylic oxidation sites excluding steroid dienone is 1. The molecule has 0 spiro atoms. The van der Waals surface area contributed by atoms with E-state index in [9.17, 15) is 49.2 Å². The number of carboxylic acid groups (broad SMARTS) is 4. The van der Waals surface area contributed by atoms with Crippen molar-refractivity contribution in [2.45, 2.75) is 125 Å². The minimum absolute atomic E-state index is 0. The molecule has 0 bridgehead atoms. The van der Waals surface area contributed by atoms with Gasteiger partial charge in [-0.2, -0.15) is 0 Å². The number of carbonyl (C=O) groups excluding carboxylic acids is 2. The predicted molar refractivity (Wildman–Crippen MR) is 309 cm³/mol. The molecule has 0 radical (unpaired) electrons. The average Bonchev–Trinajstić information content (AvgIpc) is 2.71. The van der Waals surface area contributed by atoms with Crippen LogP contribution in [0.25, 0.3) is 5.57 Å². The van der Waals surface area contributed by atoms with Crippen molar-refractivity contribution in [1.29, 1.82) is 0 Å². The van der Waals surface area contributed by atoms with Crippen molar-refractivity contribution in [3.05, 3.63) is 111 Å². The smallest absolute Gasteiger partial charge is 0.496 e. The molecule has 8 rings (SSSR count). The Labute approximate surface area is 503 Å². The van der Waals surface area contributed by atoms with Gasteiger partial charge in [-0.25, -0.2) is 19.2 Å². The third-order valence-electron chi connectivity index (χ3n) is 19.4. The summed E-state index contributed by atoms with van der Waals surface area (Å²) in [5.74, 6) is -1.90. The molecule has 16 nitrogen and oxygen atoms in total. The van der Waals surface area contributed by atoms with E-state index in [1.807, 2.05) is 6.08 Å². The molecule has 434 valence electrons. The topological polar surface area (TPSA) is 244 Å². The second-order valence-electron chi connectivity index (χ2n) is 24.2. The molecule has 6 N–H and O–H groups in total. The Bertz CT molecular complexity index is 2970. The van der Waals surface area contributed by atoms with Crippen LogP contribution in [0.15, 0.2) is 66.7 Å². The summed E-state index contributed by atoms with van der Waals surface area (Å²) in [7, 11) is 5.09. The second kappa shape index (κ2) is 26.5. The summed E-state index contributed by atoms with van der Waals surface area (Å²) in [6.07, 6.45) is 18.3. The van der Waals surface area contributed by atoms with Crippen molar-refractivity contribution < 1.29 is 97.7 Å². The molecule has 4 aliphatic rings. The van der Waals surface area contributed by atoms with Crippen molar-refractivity contribution in [2.75, 3.05) is 39.1 Å². The maximum atomic E-state index is 14.0. The van der Waals surface area contributed by atoms with Gasteiger partial charge < -0.3 is 50.0 Å². The van der Waals surface area contributed by atoms with Crippen molar-refractivity contribution >= 4 is 52.6 Å². The molecule has 2 amide bonds. The number of methoxy groups -OCH3 is 4. The van der Waals surface area contributed by atoms with E-state index in [0.717, 1.165) is 67.4 Å². The van der Waals surface area contributed by atoms with Crippen molar-refractivity contribution in [2.24, 2.45) is 58.2 Å². The number of ether oxygens (including phenoxy) is 4. The first-order valence-electron chi connectivity index (χ1n) is 28.6. The van der Waals surface area contributed by atoms with Gasteiger partial charge in [0.05, 0.1) is 39.8 Å². The third-order valence-corrected chi connectivity index (χ3v) is 19.4. The summed E-state index contributed by atoms with van der Waals surface area (Å²) >= 11 is 0. The maximum absolute atomic E-state index is 14.0. The van der Waals surface area contributed by atoms with Gasteiger partial charge in [-0.05, 0) is 206 Å². The van der Waals surface area contributed by atoms with Crippen LogP contribution < -0.4 is 59.1 Å². The zero-order valence-corrected chi connectivity index (χ0v) is 51.2. The van der Waals surface area contributed by atoms with E-state index in [1.165, 1.54) is 135 Å². The van der Waals surface area contributed by atoms with Crippen LogP contribution in [0, 0.1) is 58.2 Å². The molecular formula is C65H80N2NaO14+. The van der Waals surface area contributed by atoms with Gasteiger partial charge in [-0.3, -0.25) is 9.59 Å². The van der Waals surface area contributed by atoms with Gasteiger partial charge in [-0.1, -0.05) is 60.0 Å². The third kappa shape index (κ3) is 12.9. The fraction of sp³-hybridized carbons (Fsp3) is 0.508. The van der Waals surface area contributed by atoms with Crippen LogP contribution >= 0.6 is 0 Å². The predicted octanol–water partition coefficient (Wildman–Crippen LogP) is 11.0. The minimum Gasteiger partial charge on any atom is -0.496 e. The first kappa shape index (κ1) is 63.2. The number of rotatable bonds is 22. The van der Waals surface area contributed by atoms with E-state index < -0.39 is 35.7 Å². The van der Waals surface area contributed by atoms with Crippen LogP contribution in [-0.4, -0.2) is 84.6 Å². The van der Waals surface area contributed by atoms with Gasteiger partial charge >= 0.3 is 53.4 Å². The first-order valence-corrected chi connectivity index (χ1v) is 28.6. The Morgan fingerprint density at radius 1 is 0.585 bits per heavy atom. The van der Waals surface area contributed by atoms with E-state index >= 15 is 0 Å². The molecule has 4 aromatic carbocycles. The van der Waals surface area contributed by atoms with Gasteiger partial charge in [-0.15, -0.1) is 0 Å². The number of carbonyl (C=O) groups is 6. The van der Waals surface area contributed by atoms with Gasteiger partial charge in [0.25, 0.3) is 11.8 Å². The summed E-state index contributed by atoms with van der Waals surface area (Å²) in [6.45, 7) is 12.4. The standard InChI is InChI=1S/C65H80N2O14.Na/c1-35(2)12-10-13-36(3)49-20-21-50-44-19-18-42-28-37(24-26-64(42,4)51(44)25-27-65(49,50)5)14-11-15-43(40-31-47(62(74)75)56(80-8)52(33-40)66-58(68)38-16-22-54(78-6)45(29-38)60(70)71)41-32-48(63(76)77)57(81-9)53(34-41)67-59(69)39-17-23-55(79-7)46(30-39)61(72)73;/h15-17,22-23,29-37,42,44,49-51H,10-14,18-21,24-28H2,1-9H3,(H,66,68)(H,67,69)(H,70,71)(H,72,73)(H,74,75)(H,76,77);/q;+1/t36?,37-,42-,44-,49+,50-,51-,64-,65+;/m0./s1. The van der Waals surface area contributed by atoms with Crippen LogP contribution in [0.3, 0.4) is 0 Å². The van der Waals surface area contributed by atoms with E-state index in [0.29, 0.717) is 35.2 Å². The molecule has 0 aromatic heterocycles. The average molecular weight is 1140 g/mol. The van der Waals surface area contributed by atoms with Crippen molar-refractivity contribution in [3.8, 4) is 23.0 Å². The molecule has 0 aliphatic heterocycles. The summed E-state index contributed by atoms with van der Waals surface area (Å²) in [4.78, 5) is 78.6. The Kier molecular flexibility index (Phi) is 20.4. The fourth-order valence-corrected chi connectivity index (χ4v) is 15.4. The molecule has 4 fully saturated rings. The molecule has 4 saturated carbocycles. The molecule has 0 heterocycles. The van der Waals surface area contributed by atoms with E-state index in [-0.39, 0.29) is 114 Å².